The van der Waals surface area contributed by atoms with Crippen LogP contribution in [0.3, 0.4) is 0 Å². The third-order valence-electron chi connectivity index (χ3n) is 6.10. The first-order chi connectivity index (χ1) is 14.7. The highest BCUT2D eigenvalue weighted by Gasteiger charge is 1.95. The molecule has 30 heavy (non-hydrogen) atoms. The van der Waals surface area contributed by atoms with Gasteiger partial charge in [0, 0.05) is 5.57 Å². The zero-order valence-electron chi connectivity index (χ0n) is 20.6. The van der Waals surface area contributed by atoms with Gasteiger partial charge in [0.2, 0.25) is 5.91 Å². The van der Waals surface area contributed by atoms with Crippen molar-refractivity contribution in [3.05, 3.63) is 23.8 Å². The van der Waals surface area contributed by atoms with Crippen molar-refractivity contribution < 1.29 is 4.79 Å². The molecule has 176 valence electrons. The first kappa shape index (κ1) is 28.9. The second kappa shape index (κ2) is 24.2. The summed E-state index contributed by atoms with van der Waals surface area (Å²) in [7, 11) is 0. The van der Waals surface area contributed by atoms with Crippen molar-refractivity contribution in [1.29, 1.82) is 0 Å². The molecule has 0 radical (unpaired) electrons. The number of carbonyl (C=O) groups excluding carboxylic acids is 1. The molecule has 0 aliphatic rings. The van der Waals surface area contributed by atoms with E-state index in [9.17, 15) is 4.79 Å². The van der Waals surface area contributed by atoms with Crippen LogP contribution in [0.15, 0.2) is 23.8 Å². The molecule has 0 bridgehead atoms. The van der Waals surface area contributed by atoms with E-state index < -0.39 is 0 Å². The van der Waals surface area contributed by atoms with E-state index in [0.29, 0.717) is 5.57 Å². The third kappa shape index (κ3) is 23.2. The molecule has 2 N–H and O–H groups in total. The number of carbonyl (C=O) groups is 1. The Morgan fingerprint density at radius 1 is 0.600 bits per heavy atom. The molecule has 2 heteroatoms. The summed E-state index contributed by atoms with van der Waals surface area (Å²) in [6.07, 6.45) is 35.4. The van der Waals surface area contributed by atoms with Gasteiger partial charge in [-0.25, -0.2) is 0 Å². The molecule has 0 aromatic rings. The van der Waals surface area contributed by atoms with Crippen molar-refractivity contribution in [1.82, 2.24) is 0 Å². The fourth-order valence-electron chi connectivity index (χ4n) is 3.91. The first-order valence-corrected chi connectivity index (χ1v) is 13.3. The van der Waals surface area contributed by atoms with Crippen LogP contribution in [0.2, 0.25) is 0 Å². The Labute approximate surface area is 189 Å². The van der Waals surface area contributed by atoms with Crippen molar-refractivity contribution >= 4 is 5.91 Å². The molecular formula is C28H53NO. The molecule has 0 fully saturated rings. The molecule has 0 aromatic carbocycles. The minimum Gasteiger partial charge on any atom is -0.366 e. The van der Waals surface area contributed by atoms with Crippen molar-refractivity contribution in [3.63, 3.8) is 0 Å². The molecule has 0 aliphatic heterocycles. The lowest BCUT2D eigenvalue weighted by atomic mass is 10.0. The highest BCUT2D eigenvalue weighted by atomic mass is 16.1. The Kier molecular flexibility index (Phi) is 23.4. The van der Waals surface area contributed by atoms with Crippen molar-refractivity contribution in [2.75, 3.05) is 0 Å². The SMILES string of the molecule is CCCCCCCCCCCCCCCCCCCCCCC=CC=C(C)C(N)=O. The van der Waals surface area contributed by atoms with Gasteiger partial charge in [-0.2, -0.15) is 0 Å². The lowest BCUT2D eigenvalue weighted by Gasteiger charge is -2.04. The highest BCUT2D eigenvalue weighted by Crippen LogP contribution is 2.15. The van der Waals surface area contributed by atoms with Crippen molar-refractivity contribution in [2.24, 2.45) is 5.73 Å². The second-order valence-corrected chi connectivity index (χ2v) is 9.15. The van der Waals surface area contributed by atoms with E-state index in [-0.39, 0.29) is 5.91 Å². The topological polar surface area (TPSA) is 43.1 Å². The number of amides is 1. The van der Waals surface area contributed by atoms with Crippen LogP contribution in [0.1, 0.15) is 149 Å². The van der Waals surface area contributed by atoms with Gasteiger partial charge in [0.05, 0.1) is 0 Å². The molecule has 2 nitrogen and oxygen atoms in total. The van der Waals surface area contributed by atoms with Crippen LogP contribution in [0.5, 0.6) is 0 Å². The largest absolute Gasteiger partial charge is 0.366 e. The van der Waals surface area contributed by atoms with Gasteiger partial charge in [0.1, 0.15) is 0 Å². The average molecular weight is 420 g/mol. The van der Waals surface area contributed by atoms with Gasteiger partial charge in [-0.05, 0) is 19.8 Å². The molecule has 0 saturated carbocycles. The number of primary amides is 1. The van der Waals surface area contributed by atoms with E-state index in [1.165, 1.54) is 128 Å². The van der Waals surface area contributed by atoms with Crippen LogP contribution in [0.25, 0.3) is 0 Å². The zero-order valence-corrected chi connectivity index (χ0v) is 20.6. The predicted octanol–water partition coefficient (Wildman–Crippen LogP) is 9.19. The Bertz CT molecular complexity index is 424. The second-order valence-electron chi connectivity index (χ2n) is 9.15. The summed E-state index contributed by atoms with van der Waals surface area (Å²) < 4.78 is 0. The Balaban J connectivity index is 3.14. The molecule has 0 atom stereocenters. The van der Waals surface area contributed by atoms with E-state index in [4.69, 9.17) is 5.73 Å². The highest BCUT2D eigenvalue weighted by molar-refractivity contribution is 5.91. The number of hydrogen-bond donors (Lipinski definition) is 1. The van der Waals surface area contributed by atoms with Gasteiger partial charge in [-0.1, -0.05) is 147 Å². The summed E-state index contributed by atoms with van der Waals surface area (Å²) in [6.45, 7) is 4.05. The number of allylic oxidation sites excluding steroid dienone is 3. The third-order valence-corrected chi connectivity index (χ3v) is 6.10. The van der Waals surface area contributed by atoms with E-state index in [2.05, 4.69) is 13.0 Å². The summed E-state index contributed by atoms with van der Waals surface area (Å²) in [6, 6.07) is 0. The monoisotopic (exact) mass is 419 g/mol. The van der Waals surface area contributed by atoms with Crippen LogP contribution in [0, 0.1) is 0 Å². The van der Waals surface area contributed by atoms with Gasteiger partial charge < -0.3 is 5.73 Å². The van der Waals surface area contributed by atoms with Gasteiger partial charge in [0.15, 0.2) is 0 Å². The summed E-state index contributed by atoms with van der Waals surface area (Å²) in [5, 5.41) is 0. The zero-order chi connectivity index (χ0) is 22.1. The maximum atomic E-state index is 10.9. The van der Waals surface area contributed by atoms with Crippen molar-refractivity contribution in [2.45, 2.75) is 149 Å². The van der Waals surface area contributed by atoms with Crippen molar-refractivity contribution in [3.8, 4) is 0 Å². The molecule has 1 amide bonds. The molecule has 0 saturated heterocycles. The quantitative estimate of drug-likeness (QED) is 0.100. The number of unbranched alkanes of at least 4 members (excludes halogenated alkanes) is 20. The fourth-order valence-corrected chi connectivity index (χ4v) is 3.91. The van der Waals surface area contributed by atoms with Crippen LogP contribution in [0.4, 0.5) is 0 Å². The molecule has 0 heterocycles. The number of nitrogens with two attached hydrogens (primary N) is 1. The molecule has 0 unspecified atom stereocenters. The van der Waals surface area contributed by atoms with E-state index >= 15 is 0 Å². The van der Waals surface area contributed by atoms with E-state index in [1.807, 2.05) is 6.08 Å². The molecule has 0 rings (SSSR count). The standard InChI is InChI=1S/C28H53NO/c1-3-4-5-6-7-8-9-10-11-12-13-14-15-16-17-18-19-20-21-22-23-24-25-26-27(2)28(29)30/h24-26H,3-23H2,1-2H3,(H2,29,30). The fraction of sp³-hybridized carbons (Fsp3) is 0.821. The van der Waals surface area contributed by atoms with Gasteiger partial charge in [-0.15, -0.1) is 0 Å². The Morgan fingerprint density at radius 2 is 0.933 bits per heavy atom. The average Bonchev–Trinajstić information content (AvgIpc) is 2.74. The summed E-state index contributed by atoms with van der Waals surface area (Å²) in [5.41, 5.74) is 5.81. The molecule has 0 spiro atoms. The molecular weight excluding hydrogens is 366 g/mol. The number of hydrogen-bond acceptors (Lipinski definition) is 1. The maximum absolute atomic E-state index is 10.9. The smallest absolute Gasteiger partial charge is 0.244 e. The minimum absolute atomic E-state index is 0.335. The molecule has 0 aromatic heterocycles. The van der Waals surface area contributed by atoms with Crippen LogP contribution in [-0.4, -0.2) is 5.91 Å². The summed E-state index contributed by atoms with van der Waals surface area (Å²) in [4.78, 5) is 10.9. The maximum Gasteiger partial charge on any atom is 0.244 e. The van der Waals surface area contributed by atoms with Crippen LogP contribution in [-0.2, 0) is 4.79 Å². The number of rotatable bonds is 23. The lowest BCUT2D eigenvalue weighted by molar-refractivity contribution is -0.114. The molecule has 0 aliphatic carbocycles. The lowest BCUT2D eigenvalue weighted by Crippen LogP contribution is -2.11. The summed E-state index contributed by atoms with van der Waals surface area (Å²) in [5.74, 6) is -0.335. The van der Waals surface area contributed by atoms with Gasteiger partial charge >= 0.3 is 0 Å². The Morgan fingerprint density at radius 3 is 1.27 bits per heavy atom. The summed E-state index contributed by atoms with van der Waals surface area (Å²) >= 11 is 0. The minimum atomic E-state index is -0.335. The van der Waals surface area contributed by atoms with Gasteiger partial charge in [0.25, 0.3) is 0 Å². The van der Waals surface area contributed by atoms with E-state index in [0.717, 1.165) is 6.42 Å². The Hall–Kier alpha value is -1.05. The van der Waals surface area contributed by atoms with E-state index in [1.54, 1.807) is 13.0 Å². The van der Waals surface area contributed by atoms with Gasteiger partial charge in [-0.3, -0.25) is 4.79 Å². The van der Waals surface area contributed by atoms with Crippen LogP contribution < -0.4 is 5.73 Å². The normalized spacial score (nSPS) is 12.1. The first-order valence-electron chi connectivity index (χ1n) is 13.3. The van der Waals surface area contributed by atoms with Crippen LogP contribution >= 0.6 is 0 Å². The predicted molar refractivity (Wildman–Crippen MR) is 135 cm³/mol.